The van der Waals surface area contributed by atoms with Gasteiger partial charge in [0.15, 0.2) is 5.78 Å². The number of hydrogen-bond donors (Lipinski definition) is 0. The largest absolute Gasteiger partial charge is 0.426 e. The van der Waals surface area contributed by atoms with Crippen LogP contribution < -0.4 is 4.74 Å². The molecule has 0 N–H and O–H groups in total. The van der Waals surface area contributed by atoms with Crippen molar-refractivity contribution >= 4 is 23.6 Å². The van der Waals surface area contributed by atoms with Gasteiger partial charge >= 0.3 is 5.97 Å². The first-order valence-corrected chi connectivity index (χ1v) is 11.8. The molecule has 2 amide bonds. The number of carbonyl (C=O) groups excluding carboxylic acids is 4. The smallest absolute Gasteiger partial charge is 0.313 e. The van der Waals surface area contributed by atoms with Crippen LogP contribution in [-0.2, 0) is 14.4 Å². The van der Waals surface area contributed by atoms with E-state index in [9.17, 15) is 19.2 Å². The fraction of sp³-hybridized carbons (Fsp3) is 0.241. The molecule has 7 rings (SSSR count). The van der Waals surface area contributed by atoms with E-state index in [1.165, 1.54) is 11.8 Å². The first-order chi connectivity index (χ1) is 17.0. The number of benzene rings is 3. The molecule has 174 valence electrons. The van der Waals surface area contributed by atoms with E-state index in [2.05, 4.69) is 24.3 Å². The Bertz CT molecular complexity index is 1290. The van der Waals surface area contributed by atoms with Crippen molar-refractivity contribution in [3.05, 3.63) is 101 Å². The minimum Gasteiger partial charge on any atom is -0.426 e. The fourth-order valence-corrected chi connectivity index (χ4v) is 6.18. The molecule has 0 spiro atoms. The summed E-state index contributed by atoms with van der Waals surface area (Å²) in [5.41, 5.74) is 4.76. The minimum absolute atomic E-state index is 0.0438. The van der Waals surface area contributed by atoms with Gasteiger partial charge in [-0.3, -0.25) is 24.1 Å². The maximum atomic E-state index is 13.6. The summed E-state index contributed by atoms with van der Waals surface area (Å²) in [6.45, 7) is 1.36. The van der Waals surface area contributed by atoms with Crippen molar-refractivity contribution in [2.75, 3.05) is 6.54 Å². The molecule has 2 atom stereocenters. The third-order valence-electron chi connectivity index (χ3n) is 7.57. The first-order valence-electron chi connectivity index (χ1n) is 11.8. The Kier molecular flexibility index (Phi) is 4.92. The third kappa shape index (κ3) is 3.16. The van der Waals surface area contributed by atoms with Gasteiger partial charge in [-0.1, -0.05) is 60.7 Å². The molecule has 6 nitrogen and oxygen atoms in total. The molecule has 0 saturated carbocycles. The van der Waals surface area contributed by atoms with Gasteiger partial charge in [-0.25, -0.2) is 0 Å². The molecule has 0 unspecified atom stereocenters. The molecule has 3 aliphatic carbocycles. The van der Waals surface area contributed by atoms with Gasteiger partial charge in [0.1, 0.15) is 5.75 Å². The molecule has 2 bridgehead atoms. The van der Waals surface area contributed by atoms with E-state index >= 15 is 0 Å². The van der Waals surface area contributed by atoms with Gasteiger partial charge < -0.3 is 4.74 Å². The number of ketones is 1. The zero-order chi connectivity index (χ0) is 24.3. The van der Waals surface area contributed by atoms with E-state index in [0.29, 0.717) is 5.56 Å². The summed E-state index contributed by atoms with van der Waals surface area (Å²) in [4.78, 5) is 52.8. The molecule has 3 aromatic rings. The normalized spacial score (nSPS) is 23.5. The van der Waals surface area contributed by atoms with Crippen molar-refractivity contribution in [1.29, 1.82) is 0 Å². The zero-order valence-corrected chi connectivity index (χ0v) is 19.1. The standard InChI is InChI=1S/C29H23NO5/c1-16(31)17-8-6-7-13-22(17)35-23(32)14-15-30-28(33)26-24-18-9-2-3-10-19(18)25(27(26)29(30)34)21-12-5-4-11-20(21)24/h2-13,24-27H,14-15H2,1H3/t24?,25?,26-,27-/m0/s1. The molecule has 4 aliphatic rings. The highest BCUT2D eigenvalue weighted by Gasteiger charge is 2.61. The summed E-state index contributed by atoms with van der Waals surface area (Å²) in [6.07, 6.45) is -0.140. The highest BCUT2D eigenvalue weighted by Crippen LogP contribution is 2.60. The number of nitrogens with zero attached hydrogens (tertiary/aromatic N) is 1. The van der Waals surface area contributed by atoms with E-state index in [1.807, 2.05) is 24.3 Å². The molecule has 1 saturated heterocycles. The molecule has 35 heavy (non-hydrogen) atoms. The second kappa shape index (κ2) is 8.01. The molecule has 1 fully saturated rings. The Morgan fingerprint density at radius 2 is 1.20 bits per heavy atom. The Morgan fingerprint density at radius 1 is 0.743 bits per heavy atom. The van der Waals surface area contributed by atoms with Gasteiger partial charge in [0.05, 0.1) is 23.8 Å². The highest BCUT2D eigenvalue weighted by molar-refractivity contribution is 6.08. The minimum atomic E-state index is -0.594. The van der Waals surface area contributed by atoms with Gasteiger partial charge in [0.2, 0.25) is 11.8 Å². The number of amides is 2. The number of ether oxygens (including phenoxy) is 1. The van der Waals surface area contributed by atoms with Crippen molar-refractivity contribution in [2.45, 2.75) is 25.2 Å². The summed E-state index contributed by atoms with van der Waals surface area (Å²) >= 11 is 0. The molecule has 0 aromatic heterocycles. The topological polar surface area (TPSA) is 80.8 Å². The number of imide groups is 1. The van der Waals surface area contributed by atoms with Crippen LogP contribution in [0.1, 0.15) is 57.8 Å². The Hall–Kier alpha value is -4.06. The average molecular weight is 466 g/mol. The SMILES string of the molecule is CC(=O)c1ccccc1OC(=O)CCN1C(=O)[C@H]2C3c4ccccc4C(c4ccccc43)[C@@H]2C1=O. The predicted molar refractivity (Wildman–Crippen MR) is 127 cm³/mol. The maximum absolute atomic E-state index is 13.6. The first kappa shape index (κ1) is 21.5. The summed E-state index contributed by atoms with van der Waals surface area (Å²) in [5.74, 6) is -2.35. The van der Waals surface area contributed by atoms with Crippen LogP contribution in [0.3, 0.4) is 0 Å². The molecule has 0 radical (unpaired) electrons. The Morgan fingerprint density at radius 3 is 1.69 bits per heavy atom. The monoisotopic (exact) mass is 465 g/mol. The van der Waals surface area contributed by atoms with E-state index in [1.54, 1.807) is 24.3 Å². The highest BCUT2D eigenvalue weighted by atomic mass is 16.5. The van der Waals surface area contributed by atoms with Crippen LogP contribution in [-0.4, -0.2) is 35.0 Å². The van der Waals surface area contributed by atoms with Crippen LogP contribution in [0.15, 0.2) is 72.8 Å². The number of carbonyl (C=O) groups is 4. The molecule has 6 heteroatoms. The number of hydrogen-bond acceptors (Lipinski definition) is 5. The van der Waals surface area contributed by atoms with Crippen LogP contribution in [0, 0.1) is 11.8 Å². The summed E-state index contributed by atoms with van der Waals surface area (Å²) in [5, 5.41) is 0. The molecular weight excluding hydrogens is 442 g/mol. The van der Waals surface area contributed by atoms with Crippen LogP contribution in [0.2, 0.25) is 0 Å². The summed E-state index contributed by atoms with van der Waals surface area (Å²) in [7, 11) is 0. The summed E-state index contributed by atoms with van der Waals surface area (Å²) in [6, 6.07) is 22.7. The lowest BCUT2D eigenvalue weighted by Crippen LogP contribution is -2.41. The van der Waals surface area contributed by atoms with Crippen molar-refractivity contribution in [1.82, 2.24) is 4.90 Å². The third-order valence-corrected chi connectivity index (χ3v) is 7.57. The number of para-hydroxylation sites is 1. The molecule has 1 heterocycles. The van der Waals surface area contributed by atoms with Gasteiger partial charge in [-0.15, -0.1) is 0 Å². The van der Waals surface area contributed by atoms with Gasteiger partial charge in [-0.2, -0.15) is 0 Å². The van der Waals surface area contributed by atoms with E-state index in [0.717, 1.165) is 22.3 Å². The van der Waals surface area contributed by atoms with E-state index in [4.69, 9.17) is 4.74 Å². The lowest BCUT2D eigenvalue weighted by Gasteiger charge is -2.45. The lowest BCUT2D eigenvalue weighted by atomic mass is 9.55. The lowest BCUT2D eigenvalue weighted by molar-refractivity contribution is -0.141. The number of Topliss-reactive ketones (excluding diaryl/α,β-unsaturated/α-hetero) is 1. The quantitative estimate of drug-likeness (QED) is 0.246. The average Bonchev–Trinajstić information content (AvgIpc) is 3.13. The number of esters is 1. The Balaban J connectivity index is 1.26. The molecular formula is C29H23NO5. The summed E-state index contributed by atoms with van der Waals surface area (Å²) < 4.78 is 5.40. The van der Waals surface area contributed by atoms with Gasteiger partial charge in [0, 0.05) is 18.4 Å². The second-order valence-corrected chi connectivity index (χ2v) is 9.37. The van der Waals surface area contributed by atoms with Crippen LogP contribution >= 0.6 is 0 Å². The van der Waals surface area contributed by atoms with Crippen LogP contribution in [0.25, 0.3) is 0 Å². The fourth-order valence-electron chi connectivity index (χ4n) is 6.18. The van der Waals surface area contributed by atoms with E-state index < -0.39 is 17.8 Å². The van der Waals surface area contributed by atoms with Gasteiger partial charge in [0.25, 0.3) is 0 Å². The van der Waals surface area contributed by atoms with Crippen molar-refractivity contribution in [3.63, 3.8) is 0 Å². The molecule has 3 aromatic carbocycles. The molecule has 1 aliphatic heterocycles. The zero-order valence-electron chi connectivity index (χ0n) is 19.1. The van der Waals surface area contributed by atoms with Crippen LogP contribution in [0.4, 0.5) is 0 Å². The maximum Gasteiger partial charge on any atom is 0.313 e. The van der Waals surface area contributed by atoms with Crippen molar-refractivity contribution in [2.24, 2.45) is 11.8 Å². The number of likely N-dealkylation sites (tertiary alicyclic amines) is 1. The second-order valence-electron chi connectivity index (χ2n) is 9.37. The van der Waals surface area contributed by atoms with E-state index in [-0.39, 0.29) is 48.1 Å². The van der Waals surface area contributed by atoms with Crippen LogP contribution in [0.5, 0.6) is 5.75 Å². The van der Waals surface area contributed by atoms with Gasteiger partial charge in [-0.05, 0) is 41.3 Å². The van der Waals surface area contributed by atoms with Crippen molar-refractivity contribution in [3.8, 4) is 5.75 Å². The van der Waals surface area contributed by atoms with Crippen molar-refractivity contribution < 1.29 is 23.9 Å². The Labute approximate surface area is 202 Å². The number of rotatable bonds is 5. The predicted octanol–water partition coefficient (Wildman–Crippen LogP) is 4.08.